The Kier molecular flexibility index (Phi) is 10.5. The highest BCUT2D eigenvalue weighted by Gasteiger charge is 2.51. The molecule has 4 heterocycles. The predicted octanol–water partition coefficient (Wildman–Crippen LogP) is 9.84. The van der Waals surface area contributed by atoms with Gasteiger partial charge in [-0.05, 0) is 67.2 Å². The Labute approximate surface area is 234 Å². The van der Waals surface area contributed by atoms with Crippen LogP contribution < -0.4 is 14.9 Å². The third-order valence-electron chi connectivity index (χ3n) is 8.22. The summed E-state index contributed by atoms with van der Waals surface area (Å²) in [6.45, 7) is 11.7. The summed E-state index contributed by atoms with van der Waals surface area (Å²) in [7, 11) is -1.98. The zero-order valence-corrected chi connectivity index (χ0v) is 27.0. The van der Waals surface area contributed by atoms with Crippen LogP contribution in [0.3, 0.4) is 0 Å². The van der Waals surface area contributed by atoms with Crippen molar-refractivity contribution < 1.29 is 0 Å². The number of aryl methyl sites for hydroxylation is 3. The minimum Gasteiger partial charge on any atom is -0.149 e. The van der Waals surface area contributed by atoms with E-state index in [0.717, 1.165) is 5.92 Å². The number of fused-ring (bicyclic) bond motifs is 3. The molecule has 0 nitrogen and oxygen atoms in total. The highest BCUT2D eigenvalue weighted by atomic mass is 32.1. The maximum atomic E-state index is 2.63. The quantitative estimate of drug-likeness (QED) is 0.122. The van der Waals surface area contributed by atoms with E-state index in [4.69, 9.17) is 0 Å². The van der Waals surface area contributed by atoms with Crippen LogP contribution in [0, 0.1) is 19.8 Å². The summed E-state index contributed by atoms with van der Waals surface area (Å²) in [5.41, 5.74) is 0. The van der Waals surface area contributed by atoms with Crippen molar-refractivity contribution in [2.24, 2.45) is 5.92 Å². The van der Waals surface area contributed by atoms with E-state index in [1.54, 1.807) is 29.5 Å². The summed E-state index contributed by atoms with van der Waals surface area (Å²) in [5.74, 6) is 0.864. The lowest BCUT2D eigenvalue weighted by atomic mass is 9.97. The Hall–Kier alpha value is -0.683. The molecule has 0 fully saturated rings. The molecule has 1 unspecified atom stereocenters. The van der Waals surface area contributed by atoms with E-state index >= 15 is 0 Å². The lowest BCUT2D eigenvalue weighted by Crippen LogP contribution is -2.64. The second-order valence-electron chi connectivity index (χ2n) is 11.2. The molecule has 0 saturated heterocycles. The Morgan fingerprint density at radius 1 is 0.667 bits per heavy atom. The normalized spacial score (nSPS) is 14.8. The average Bonchev–Trinajstić information content (AvgIpc) is 3.62. The van der Waals surface area contributed by atoms with Crippen LogP contribution in [0.2, 0.25) is 6.04 Å². The van der Waals surface area contributed by atoms with Crippen molar-refractivity contribution in [2.75, 3.05) is 0 Å². The van der Waals surface area contributed by atoms with E-state index in [1.807, 2.05) is 0 Å². The zero-order chi connectivity index (χ0) is 25.5. The van der Waals surface area contributed by atoms with Gasteiger partial charge in [-0.1, -0.05) is 97.5 Å². The second-order valence-corrected chi connectivity index (χ2v) is 19.1. The van der Waals surface area contributed by atoms with Crippen LogP contribution in [0.25, 0.3) is 9.75 Å². The van der Waals surface area contributed by atoms with Gasteiger partial charge in [0.1, 0.15) is 0 Å². The molecule has 0 spiro atoms. The van der Waals surface area contributed by atoms with Crippen LogP contribution in [-0.4, -0.2) is 8.07 Å². The number of thiophene rings is 3. The predicted molar refractivity (Wildman–Crippen MR) is 171 cm³/mol. The van der Waals surface area contributed by atoms with E-state index in [-0.39, 0.29) is 0 Å². The number of hydrogen-bond donors (Lipinski definition) is 0. The number of unbranched alkanes of at least 4 members (excludes halogenated alkanes) is 7. The van der Waals surface area contributed by atoms with Gasteiger partial charge in [0.05, 0.1) is 0 Å². The molecule has 0 radical (unpaired) electrons. The summed E-state index contributed by atoms with van der Waals surface area (Å²) in [6.07, 6.45) is 17.8. The molecule has 3 aromatic heterocycles. The first-order valence-corrected chi connectivity index (χ1v) is 19.5. The highest BCUT2D eigenvalue weighted by molar-refractivity contribution is 7.38. The fourth-order valence-electron chi connectivity index (χ4n) is 6.33. The Balaban J connectivity index is 1.73. The van der Waals surface area contributed by atoms with Crippen molar-refractivity contribution in [3.8, 4) is 9.75 Å². The maximum Gasteiger partial charge on any atom is 0.164 e. The Bertz CT molecular complexity index is 1040. The second kappa shape index (κ2) is 13.4. The number of rotatable bonds is 16. The molecule has 36 heavy (non-hydrogen) atoms. The maximum absolute atomic E-state index is 2.63. The Morgan fingerprint density at radius 3 is 1.86 bits per heavy atom. The van der Waals surface area contributed by atoms with Crippen LogP contribution in [0.15, 0.2) is 24.3 Å². The van der Waals surface area contributed by atoms with E-state index in [9.17, 15) is 0 Å². The fraction of sp³-hybridized carbons (Fsp3) is 0.625. The molecule has 3 aromatic rings. The van der Waals surface area contributed by atoms with Crippen molar-refractivity contribution in [3.05, 3.63) is 38.9 Å². The molecule has 1 aliphatic rings. The molecule has 0 amide bonds. The zero-order valence-electron chi connectivity index (χ0n) is 23.5. The minimum absolute atomic E-state index is 0.864. The van der Waals surface area contributed by atoms with Crippen LogP contribution >= 0.6 is 34.0 Å². The molecular formula is C32H48S3Si. The third kappa shape index (κ3) is 6.13. The fourth-order valence-corrected chi connectivity index (χ4v) is 17.9. The summed E-state index contributed by atoms with van der Waals surface area (Å²) < 4.78 is 1.76. The molecule has 198 valence electrons. The smallest absolute Gasteiger partial charge is 0.149 e. The van der Waals surface area contributed by atoms with Crippen molar-refractivity contribution >= 4 is 57.0 Å². The van der Waals surface area contributed by atoms with Gasteiger partial charge in [-0.2, -0.15) is 0 Å². The van der Waals surface area contributed by atoms with Gasteiger partial charge in [0.2, 0.25) is 0 Å². The van der Waals surface area contributed by atoms with E-state index in [0.29, 0.717) is 0 Å². The molecule has 0 bridgehead atoms. The lowest BCUT2D eigenvalue weighted by molar-refractivity contribution is 0.442. The monoisotopic (exact) mass is 556 g/mol. The molecule has 0 aromatic carbocycles. The van der Waals surface area contributed by atoms with Gasteiger partial charge in [0, 0.05) is 28.9 Å². The van der Waals surface area contributed by atoms with Crippen LogP contribution in [-0.2, 0) is 6.42 Å². The summed E-state index contributed by atoms with van der Waals surface area (Å²) in [4.78, 5) is 7.95. The van der Waals surface area contributed by atoms with Crippen LogP contribution in [0.5, 0.6) is 0 Å². The topological polar surface area (TPSA) is 0 Å². The lowest BCUT2D eigenvalue weighted by Gasteiger charge is -2.32. The standard InChI is InChI=1S/C32H48S3Si/c1-6-9-12-14-17-26(16-11-8-3)23-36(30-20-19-27(35-30)18-15-13-10-7-2)28-21-24(4)33-31(28)32-29(36)22-25(5)34-32/h19-22,26H,6-18,23H2,1-5H3. The average molecular weight is 557 g/mol. The van der Waals surface area contributed by atoms with Crippen LogP contribution in [0.4, 0.5) is 0 Å². The molecule has 0 aliphatic carbocycles. The van der Waals surface area contributed by atoms with Crippen molar-refractivity contribution in [1.82, 2.24) is 0 Å². The van der Waals surface area contributed by atoms with E-state index < -0.39 is 8.07 Å². The summed E-state index contributed by atoms with van der Waals surface area (Å²) >= 11 is 6.35. The van der Waals surface area contributed by atoms with E-state index in [2.05, 4.69) is 92.9 Å². The van der Waals surface area contributed by atoms with Gasteiger partial charge in [-0.15, -0.1) is 34.0 Å². The van der Waals surface area contributed by atoms with Crippen molar-refractivity contribution in [1.29, 1.82) is 0 Å². The first-order chi connectivity index (χ1) is 17.5. The number of hydrogen-bond acceptors (Lipinski definition) is 3. The van der Waals surface area contributed by atoms with Crippen molar-refractivity contribution in [3.63, 3.8) is 0 Å². The van der Waals surface area contributed by atoms with Crippen molar-refractivity contribution in [2.45, 2.75) is 124 Å². The molecule has 4 heteroatoms. The molecule has 1 aliphatic heterocycles. The van der Waals surface area contributed by atoms with Gasteiger partial charge in [-0.3, -0.25) is 0 Å². The van der Waals surface area contributed by atoms with Gasteiger partial charge in [0.25, 0.3) is 0 Å². The molecule has 0 N–H and O–H groups in total. The van der Waals surface area contributed by atoms with Crippen LogP contribution in [0.1, 0.15) is 112 Å². The van der Waals surface area contributed by atoms with Gasteiger partial charge >= 0.3 is 0 Å². The molecular weight excluding hydrogens is 509 g/mol. The van der Waals surface area contributed by atoms with E-state index in [1.165, 1.54) is 99.3 Å². The minimum atomic E-state index is -1.98. The Morgan fingerprint density at radius 2 is 1.25 bits per heavy atom. The van der Waals surface area contributed by atoms with Gasteiger partial charge in [0.15, 0.2) is 8.07 Å². The highest BCUT2D eigenvalue weighted by Crippen LogP contribution is 2.42. The first kappa shape index (κ1) is 28.3. The summed E-state index contributed by atoms with van der Waals surface area (Å²) in [5, 5.41) is 3.56. The van der Waals surface area contributed by atoms with Gasteiger partial charge in [-0.25, -0.2) is 0 Å². The first-order valence-electron chi connectivity index (χ1n) is 14.8. The molecule has 0 saturated carbocycles. The molecule has 1 atom stereocenters. The largest absolute Gasteiger partial charge is 0.164 e. The van der Waals surface area contributed by atoms with Gasteiger partial charge < -0.3 is 0 Å². The SMILES string of the molecule is CCCCCCc1ccc([Si]2(CC(CCCC)CCCCCC)c3cc(C)sc3-c3sc(C)cc32)s1. The molecule has 4 rings (SSSR count). The third-order valence-corrected chi connectivity index (χ3v) is 18.0. The summed E-state index contributed by atoms with van der Waals surface area (Å²) in [6, 6.07) is 11.8.